The molecule has 34 heteroatoms. The molecule has 26 atom stereocenters. The second-order valence-electron chi connectivity index (χ2n) is 32.9. The van der Waals surface area contributed by atoms with E-state index in [1.807, 2.05) is 0 Å². The lowest BCUT2D eigenvalue weighted by Gasteiger charge is -2.53. The highest BCUT2D eigenvalue weighted by Crippen LogP contribution is 2.44. The molecule has 122 heavy (non-hydrogen) atoms. The minimum atomic E-state index is -2.60. The second kappa shape index (κ2) is 62.6. The third-order valence-electron chi connectivity index (χ3n) is 24.0. The van der Waals surface area contributed by atoms with Crippen LogP contribution in [0.4, 0.5) is 0 Å². The topological polar surface area (TPSA) is 394 Å². The molecule has 0 aromatic carbocycles. The average molecular weight is 1760 g/mol. The van der Waals surface area contributed by atoms with Gasteiger partial charge in [0.15, 0.2) is 12.6 Å². The van der Waals surface area contributed by atoms with E-state index in [4.69, 9.17) is 109 Å². The lowest BCUT2D eigenvalue weighted by Crippen LogP contribution is -2.72. The third kappa shape index (κ3) is 35.0. The van der Waals surface area contributed by atoms with E-state index in [-0.39, 0.29) is 32.7 Å². The molecule has 0 aliphatic carbocycles. The Morgan fingerprint density at radius 3 is 1.22 bits per heavy atom. The number of aliphatic hydroxyl groups excluding tert-OH is 3. The highest BCUT2D eigenvalue weighted by Gasteiger charge is 2.64. The van der Waals surface area contributed by atoms with Gasteiger partial charge in [-0.25, -0.2) is 9.59 Å². The molecule has 0 aromatic heterocycles. The van der Waals surface area contributed by atoms with Gasteiger partial charge in [-0.1, -0.05) is 200 Å². The van der Waals surface area contributed by atoms with Gasteiger partial charge in [0.05, 0.1) is 83.7 Å². The largest absolute Gasteiger partial charge is 0.465 e. The van der Waals surface area contributed by atoms with Gasteiger partial charge in [-0.15, -0.1) is 0 Å². The van der Waals surface area contributed by atoms with Crippen LogP contribution < -0.4 is 16.0 Å². The summed E-state index contributed by atoms with van der Waals surface area (Å²) >= 11 is 0. The van der Waals surface area contributed by atoms with Gasteiger partial charge in [0, 0.05) is 119 Å². The zero-order valence-electron chi connectivity index (χ0n) is 77.5. The van der Waals surface area contributed by atoms with Crippen LogP contribution in [0.1, 0.15) is 240 Å². The highest BCUT2D eigenvalue weighted by atomic mass is 16.8. The number of aliphatic hydroxyl groups is 3. The third-order valence-corrected chi connectivity index (χ3v) is 24.0. The van der Waals surface area contributed by atoms with Crippen LogP contribution in [0.25, 0.3) is 0 Å². The Morgan fingerprint density at radius 2 is 0.811 bits per heavy atom. The van der Waals surface area contributed by atoms with Crippen molar-refractivity contribution >= 4 is 29.7 Å². The molecule has 4 saturated heterocycles. The van der Waals surface area contributed by atoms with Gasteiger partial charge in [-0.05, 0) is 12.8 Å². The Bertz CT molecular complexity index is 2760. The Hall–Kier alpha value is -3.61. The van der Waals surface area contributed by atoms with E-state index >= 15 is 4.79 Å². The molecular weight excluding hydrogens is 1590 g/mol. The summed E-state index contributed by atoms with van der Waals surface area (Å²) in [6, 6.07) is -3.52. The molecule has 0 radical (unpaired) electrons. The standard InChI is InChI=1S/C88H163N3O31/c1-20-22-24-26-28-30-32-33-34-35-36-37-38-40-42-44-46-48-50-62(95)82(97)91-60(71(96)61(94)49-47-45-43-41-39-31-29-27-25-23-21-2)53-115-83-80(111-16)78(110-15)75(67(116-83)56-102-7)118-84-81(112-17)79(73(108-13)66(117-84)55-101-6)122-88(86(99)114-19)52-64(105-10)70(90-59(4)93)77(121-88)74(109-14)68(57-103-8)119-87(85(98)113-18)51-63(104-9)69(89-58(3)92)76(120-87)72(107-12)65(106-11)54-100-5/h60-81,83-84,94-96H,20-57H2,1-19H3,(H,89,92)(H,90,93)(H,91,97)/t60?,61?,62?,63-,64-,65-,66+,67+,68-,69+,70+,71?,72-,73-,74+,75+,76+,77+,78-,79-,80+,81+,83+,84-,87+,88-/m0/s1. The van der Waals surface area contributed by atoms with Crippen LogP contribution in [0.2, 0.25) is 0 Å². The number of methoxy groups -OCH3 is 15. The van der Waals surface area contributed by atoms with Crippen molar-refractivity contribution < 1.29 is 148 Å². The number of rotatable bonds is 69. The fraction of sp³-hybridized carbons (Fsp3) is 0.943. The maximum absolute atomic E-state index is 15.3. The Balaban J connectivity index is 1.70. The molecule has 4 fully saturated rings. The van der Waals surface area contributed by atoms with Crippen molar-refractivity contribution in [3.63, 3.8) is 0 Å². The Kier molecular flexibility index (Phi) is 56.8. The van der Waals surface area contributed by atoms with Crippen molar-refractivity contribution in [2.24, 2.45) is 0 Å². The number of ether oxygens (including phenoxy) is 23. The van der Waals surface area contributed by atoms with Crippen LogP contribution in [-0.4, -0.2) is 343 Å². The lowest BCUT2D eigenvalue weighted by atomic mass is 9.86. The van der Waals surface area contributed by atoms with Crippen LogP contribution in [0.3, 0.4) is 0 Å². The van der Waals surface area contributed by atoms with Crippen molar-refractivity contribution in [1.82, 2.24) is 16.0 Å². The van der Waals surface area contributed by atoms with Crippen molar-refractivity contribution in [3.05, 3.63) is 0 Å². The van der Waals surface area contributed by atoms with E-state index in [0.29, 0.717) is 12.8 Å². The molecule has 3 amide bonds. The SMILES string of the molecule is CCCCCCCCCCCCCCCCCCCCC(O)C(=O)NC(CO[C@@H]1O[C@H](COC)[C@@H](O[C@@H]2O[C@H](COC)[C@H](OC)[C@H](O[C@]3(C(=O)OC)C[C@H](OC)[C@@H](NC(C)=O)[C@H]([C@H](OC)[C@H](COC)O[C@]4(C(=O)OC)C[C@H](OC)[C@@H](NC(C)=O)[C@H]([C@@H](OC)[C@H](COC)OC)O4)O3)[C@H]2OC)[C@H](OC)[C@H]1OC)C(O)C(O)CCCCCCCCCCCCC. The molecule has 0 bridgehead atoms. The molecule has 0 aromatic rings. The molecule has 4 unspecified atom stereocenters. The van der Waals surface area contributed by atoms with Crippen molar-refractivity contribution in [1.29, 1.82) is 0 Å². The molecule has 6 N–H and O–H groups in total. The maximum Gasteiger partial charge on any atom is 0.366 e. The summed E-state index contributed by atoms with van der Waals surface area (Å²) in [6.45, 7) is 5.79. The van der Waals surface area contributed by atoms with Crippen molar-refractivity contribution in [2.45, 2.75) is 398 Å². The number of esters is 2. The van der Waals surface area contributed by atoms with E-state index in [2.05, 4.69) is 29.8 Å². The molecule has 34 nitrogen and oxygen atoms in total. The Labute approximate surface area is 728 Å². The molecule has 716 valence electrons. The zero-order valence-corrected chi connectivity index (χ0v) is 77.5. The van der Waals surface area contributed by atoms with Gasteiger partial charge in [-0.3, -0.25) is 14.4 Å². The van der Waals surface area contributed by atoms with Crippen LogP contribution in [0.15, 0.2) is 0 Å². The van der Waals surface area contributed by atoms with Crippen LogP contribution in [-0.2, 0) is 133 Å². The summed E-state index contributed by atoms with van der Waals surface area (Å²) in [6.07, 6.45) is 6.13. The van der Waals surface area contributed by atoms with Gasteiger partial charge in [0.25, 0.3) is 11.6 Å². The van der Waals surface area contributed by atoms with E-state index in [1.165, 1.54) is 228 Å². The van der Waals surface area contributed by atoms with E-state index < -0.39 is 214 Å². The predicted octanol–water partition coefficient (Wildman–Crippen LogP) is 8.36. The number of amides is 3. The number of unbranched alkanes of at least 4 members (excludes halogenated alkanes) is 27. The summed E-state index contributed by atoms with van der Waals surface area (Å²) in [5.74, 6) is -9.04. The quantitative estimate of drug-likeness (QED) is 0.0246. The monoisotopic (exact) mass is 1760 g/mol. The zero-order chi connectivity index (χ0) is 90.0. The van der Waals surface area contributed by atoms with Crippen molar-refractivity contribution in [3.8, 4) is 0 Å². The first-order valence-electron chi connectivity index (χ1n) is 45.0. The molecular formula is C88H163N3O31. The lowest BCUT2D eigenvalue weighted by molar-refractivity contribution is -0.394. The maximum atomic E-state index is 15.3. The minimum absolute atomic E-state index is 0.0353. The van der Waals surface area contributed by atoms with Gasteiger partial charge in [0.1, 0.15) is 97.7 Å². The summed E-state index contributed by atoms with van der Waals surface area (Å²) < 4.78 is 145. The summed E-state index contributed by atoms with van der Waals surface area (Å²) in [4.78, 5) is 70.6. The molecule has 4 rings (SSSR count). The summed E-state index contributed by atoms with van der Waals surface area (Å²) in [7, 11) is 20.3. The normalized spacial score (nSPS) is 28.9. The van der Waals surface area contributed by atoms with Crippen molar-refractivity contribution in [2.75, 3.05) is 140 Å². The number of carbonyl (C=O) groups is 5. The molecule has 4 aliphatic heterocycles. The molecule has 0 spiro atoms. The summed E-state index contributed by atoms with van der Waals surface area (Å²) in [5, 5.41) is 43.8. The first-order chi connectivity index (χ1) is 58.9. The number of hydrogen-bond acceptors (Lipinski definition) is 31. The molecule has 4 heterocycles. The van der Waals surface area contributed by atoms with E-state index in [1.54, 1.807) is 0 Å². The summed E-state index contributed by atoms with van der Waals surface area (Å²) in [5.41, 5.74) is 0. The first kappa shape index (κ1) is 111. The number of nitrogens with one attached hydrogen (secondary N) is 3. The van der Waals surface area contributed by atoms with E-state index in [9.17, 15) is 34.5 Å². The predicted molar refractivity (Wildman–Crippen MR) is 451 cm³/mol. The molecule has 4 aliphatic rings. The fourth-order valence-electron chi connectivity index (χ4n) is 17.4. The average Bonchev–Trinajstić information content (AvgIpc) is 0.740. The second-order valence-corrected chi connectivity index (χ2v) is 32.9. The van der Waals surface area contributed by atoms with Gasteiger partial charge >= 0.3 is 11.9 Å². The molecule has 0 saturated carbocycles. The van der Waals surface area contributed by atoms with Gasteiger partial charge in [-0.2, -0.15) is 0 Å². The fourth-order valence-corrected chi connectivity index (χ4v) is 17.4. The number of carbonyl (C=O) groups excluding carboxylic acids is 5. The van der Waals surface area contributed by atoms with E-state index in [0.717, 1.165) is 65.6 Å². The first-order valence-corrected chi connectivity index (χ1v) is 45.0. The highest BCUT2D eigenvalue weighted by molar-refractivity contribution is 5.81. The smallest absolute Gasteiger partial charge is 0.366 e. The van der Waals surface area contributed by atoms with Crippen LogP contribution >= 0.6 is 0 Å². The number of hydrogen-bond donors (Lipinski definition) is 6. The van der Waals surface area contributed by atoms with Gasteiger partial charge < -0.3 is 140 Å². The Morgan fingerprint density at radius 1 is 0.418 bits per heavy atom. The van der Waals surface area contributed by atoms with Crippen LogP contribution in [0, 0.1) is 0 Å². The minimum Gasteiger partial charge on any atom is -0.465 e. The van der Waals surface area contributed by atoms with Crippen LogP contribution in [0.5, 0.6) is 0 Å². The van der Waals surface area contributed by atoms with Gasteiger partial charge in [0.2, 0.25) is 17.7 Å².